The number of hydrogen-bond acceptors (Lipinski definition) is 4. The van der Waals surface area contributed by atoms with E-state index in [0.717, 1.165) is 12.1 Å². The number of hydrogen-bond donors (Lipinski definition) is 0. The van der Waals surface area contributed by atoms with E-state index in [1.54, 1.807) is 6.92 Å². The topological polar surface area (TPSA) is 59.1 Å². The Morgan fingerprint density at radius 2 is 1.92 bits per heavy atom. The maximum Gasteiger partial charge on any atom is 0.338 e. The summed E-state index contributed by atoms with van der Waals surface area (Å²) >= 11 is 0. The molecule has 0 aliphatic carbocycles. The predicted molar refractivity (Wildman–Crippen MR) is 85.6 cm³/mol. The molecule has 1 aromatic rings. The zero-order valence-electron chi connectivity index (χ0n) is 14.5. The molecule has 0 fully saturated rings. The van der Waals surface area contributed by atoms with Gasteiger partial charge in [-0.3, -0.25) is 0 Å². The Bertz CT molecular complexity index is 721. The average molecular weight is 354 g/mol. The van der Waals surface area contributed by atoms with E-state index in [0.29, 0.717) is 5.70 Å². The highest BCUT2D eigenvalue weighted by molar-refractivity contribution is 5.94. The van der Waals surface area contributed by atoms with Crippen molar-refractivity contribution in [3.05, 3.63) is 46.7 Å². The minimum atomic E-state index is -1.01. The van der Waals surface area contributed by atoms with Crippen LogP contribution < -0.4 is 0 Å². The van der Waals surface area contributed by atoms with Crippen molar-refractivity contribution in [2.45, 2.75) is 13.0 Å². The van der Waals surface area contributed by atoms with Gasteiger partial charge in [-0.1, -0.05) is 6.07 Å². The Morgan fingerprint density at radius 1 is 1.24 bits per heavy atom. The number of urea groups is 1. The van der Waals surface area contributed by atoms with Gasteiger partial charge in [0, 0.05) is 38.5 Å². The molecule has 8 heteroatoms. The molecule has 2 amide bonds. The molecule has 0 unspecified atom stereocenters. The van der Waals surface area contributed by atoms with Crippen molar-refractivity contribution >= 4 is 12.0 Å². The van der Waals surface area contributed by atoms with E-state index in [1.165, 1.54) is 37.1 Å². The summed E-state index contributed by atoms with van der Waals surface area (Å²) in [7, 11) is 4.42. The Hall–Kier alpha value is -2.48. The van der Waals surface area contributed by atoms with Crippen LogP contribution >= 0.6 is 0 Å². The molecule has 1 atom stereocenters. The fraction of sp³-hybridized carbons (Fsp3) is 0.412. The number of likely N-dealkylation sites (N-methyl/N-ethyl adjacent to an activating group) is 1. The van der Waals surface area contributed by atoms with Crippen LogP contribution in [0.15, 0.2) is 29.5 Å². The van der Waals surface area contributed by atoms with Crippen LogP contribution in [0, 0.1) is 11.6 Å². The average Bonchev–Trinajstić information content (AvgIpc) is 2.57. The van der Waals surface area contributed by atoms with Gasteiger partial charge in [0.15, 0.2) is 0 Å². The molecule has 1 aliphatic rings. The number of nitrogens with zero attached hydrogens (tertiary/aromatic N) is 2. The van der Waals surface area contributed by atoms with E-state index in [-0.39, 0.29) is 24.4 Å². The molecule has 2 rings (SSSR count). The van der Waals surface area contributed by atoms with Crippen LogP contribution in [0.5, 0.6) is 0 Å². The van der Waals surface area contributed by atoms with Crippen LogP contribution in [0.25, 0.3) is 0 Å². The Morgan fingerprint density at radius 3 is 2.52 bits per heavy atom. The summed E-state index contributed by atoms with van der Waals surface area (Å²) in [6, 6.07) is 1.59. The van der Waals surface area contributed by atoms with Gasteiger partial charge in [-0.25, -0.2) is 18.4 Å². The second-order valence-corrected chi connectivity index (χ2v) is 5.65. The Labute approximate surface area is 144 Å². The number of carbonyl (C=O) groups excluding carboxylic acids is 2. The van der Waals surface area contributed by atoms with Crippen molar-refractivity contribution in [2.24, 2.45) is 0 Å². The smallest absolute Gasteiger partial charge is 0.338 e. The third-order valence-corrected chi connectivity index (χ3v) is 4.14. The van der Waals surface area contributed by atoms with E-state index in [2.05, 4.69) is 0 Å². The quantitative estimate of drug-likeness (QED) is 0.602. The molecule has 136 valence electrons. The molecule has 6 nitrogen and oxygen atoms in total. The lowest BCUT2D eigenvalue weighted by atomic mass is 9.93. The lowest BCUT2D eigenvalue weighted by molar-refractivity contribution is -0.141. The SMILES string of the molecule is COCCOC(=O)C1=C(C)N(C)C(=O)N(C)[C@H]1c1ccc(F)cc1F. The highest BCUT2D eigenvalue weighted by Gasteiger charge is 2.40. The molecule has 1 heterocycles. The first kappa shape index (κ1) is 18.9. The molecule has 0 aromatic heterocycles. The van der Waals surface area contributed by atoms with Crippen LogP contribution in [0.3, 0.4) is 0 Å². The number of methoxy groups -OCH3 is 1. The van der Waals surface area contributed by atoms with E-state index in [9.17, 15) is 18.4 Å². The van der Waals surface area contributed by atoms with Gasteiger partial charge in [0.25, 0.3) is 0 Å². The lowest BCUT2D eigenvalue weighted by Crippen LogP contribution is -2.47. The summed E-state index contributed by atoms with van der Waals surface area (Å²) in [6.45, 7) is 1.80. The number of allylic oxidation sites excluding steroid dienone is 1. The maximum atomic E-state index is 14.3. The van der Waals surface area contributed by atoms with Crippen LogP contribution in [-0.2, 0) is 14.3 Å². The van der Waals surface area contributed by atoms with E-state index >= 15 is 0 Å². The molecule has 0 saturated carbocycles. The van der Waals surface area contributed by atoms with Gasteiger partial charge in [0.05, 0.1) is 18.2 Å². The maximum absolute atomic E-state index is 14.3. The summed E-state index contributed by atoms with van der Waals surface area (Å²) in [5.74, 6) is -2.27. The second-order valence-electron chi connectivity index (χ2n) is 5.65. The van der Waals surface area contributed by atoms with E-state index in [4.69, 9.17) is 9.47 Å². The summed E-state index contributed by atoms with van der Waals surface area (Å²) in [5, 5.41) is 0. The number of ether oxygens (including phenoxy) is 2. The van der Waals surface area contributed by atoms with Gasteiger partial charge in [-0.2, -0.15) is 0 Å². The van der Waals surface area contributed by atoms with Gasteiger partial charge >= 0.3 is 12.0 Å². The summed E-state index contributed by atoms with van der Waals surface area (Å²) < 4.78 is 37.6. The fourth-order valence-corrected chi connectivity index (χ4v) is 2.70. The monoisotopic (exact) mass is 354 g/mol. The van der Waals surface area contributed by atoms with Crippen LogP contribution in [0.2, 0.25) is 0 Å². The van der Waals surface area contributed by atoms with Crippen LogP contribution in [0.4, 0.5) is 13.6 Å². The third-order valence-electron chi connectivity index (χ3n) is 4.14. The minimum Gasteiger partial charge on any atom is -0.460 e. The zero-order valence-corrected chi connectivity index (χ0v) is 14.5. The molecule has 0 spiro atoms. The van der Waals surface area contributed by atoms with Gasteiger partial charge in [-0.05, 0) is 13.0 Å². The van der Waals surface area contributed by atoms with Crippen molar-refractivity contribution < 1.29 is 27.8 Å². The van der Waals surface area contributed by atoms with Crippen molar-refractivity contribution in [1.82, 2.24) is 9.80 Å². The summed E-state index contributed by atoms with van der Waals surface area (Å²) in [4.78, 5) is 27.4. The first-order valence-electron chi connectivity index (χ1n) is 7.61. The van der Waals surface area contributed by atoms with E-state index < -0.39 is 29.7 Å². The molecule has 0 saturated heterocycles. The van der Waals surface area contributed by atoms with Gasteiger partial charge in [-0.15, -0.1) is 0 Å². The second kappa shape index (κ2) is 7.60. The molecule has 25 heavy (non-hydrogen) atoms. The Kier molecular flexibility index (Phi) is 5.73. The first-order chi connectivity index (χ1) is 11.8. The molecule has 0 bridgehead atoms. The molecule has 1 aromatic carbocycles. The van der Waals surface area contributed by atoms with Gasteiger partial charge in [0.1, 0.15) is 18.2 Å². The van der Waals surface area contributed by atoms with E-state index in [1.807, 2.05) is 0 Å². The highest BCUT2D eigenvalue weighted by atomic mass is 19.1. The van der Waals surface area contributed by atoms with Crippen LogP contribution in [-0.4, -0.2) is 56.2 Å². The molecular weight excluding hydrogens is 334 g/mol. The third kappa shape index (κ3) is 3.63. The normalized spacial score (nSPS) is 18.0. The number of benzene rings is 1. The summed E-state index contributed by atoms with van der Waals surface area (Å²) in [5.41, 5.74) is 0.480. The zero-order chi connectivity index (χ0) is 18.7. The van der Waals surface area contributed by atoms with Crippen LogP contribution in [0.1, 0.15) is 18.5 Å². The molecule has 1 aliphatic heterocycles. The number of halogens is 2. The molecule has 0 radical (unpaired) electrons. The number of amides is 2. The van der Waals surface area contributed by atoms with Gasteiger partial charge < -0.3 is 19.3 Å². The largest absolute Gasteiger partial charge is 0.460 e. The predicted octanol–water partition coefficient (Wildman–Crippen LogP) is 2.47. The summed E-state index contributed by atoms with van der Waals surface area (Å²) in [6.07, 6.45) is 0. The number of esters is 1. The van der Waals surface area contributed by atoms with Gasteiger partial charge in [0.2, 0.25) is 0 Å². The van der Waals surface area contributed by atoms with Crippen molar-refractivity contribution in [3.63, 3.8) is 0 Å². The lowest BCUT2D eigenvalue weighted by Gasteiger charge is -2.39. The highest BCUT2D eigenvalue weighted by Crippen LogP contribution is 2.37. The number of rotatable bonds is 5. The van der Waals surface area contributed by atoms with Crippen molar-refractivity contribution in [2.75, 3.05) is 34.4 Å². The standard InChI is InChI=1S/C17H20F2N2O4/c1-10-14(16(22)25-8-7-24-4)15(21(3)17(23)20(10)2)12-6-5-11(18)9-13(12)19/h5-6,9,15H,7-8H2,1-4H3/t15-/m0/s1. The number of carbonyl (C=O) groups is 2. The Balaban J connectivity index is 2.51. The molecular formula is C17H20F2N2O4. The molecule has 0 N–H and O–H groups in total. The van der Waals surface area contributed by atoms with Crippen molar-refractivity contribution in [3.8, 4) is 0 Å². The first-order valence-corrected chi connectivity index (χ1v) is 7.61. The van der Waals surface area contributed by atoms with Crippen molar-refractivity contribution in [1.29, 1.82) is 0 Å². The minimum absolute atomic E-state index is 0.0170. The fourth-order valence-electron chi connectivity index (χ4n) is 2.70.